The van der Waals surface area contributed by atoms with E-state index >= 15 is 0 Å². The largest absolute Gasteiger partial charge is 0.508 e. The SMILES string of the molecule is C=C/C(Br)=C(/N=C)N(C)/C(=C\Cc1ccccc1O)NC(CCC)CCC.C=Cc1ccccc1C(F)(F)F.CC. The average Bonchev–Trinajstić information content (AvgIpc) is 2.97. The summed E-state index contributed by atoms with van der Waals surface area (Å²) in [5.41, 5.74) is 0.359. The molecule has 41 heavy (non-hydrogen) atoms. The minimum atomic E-state index is -4.29. The number of benzene rings is 2. The predicted octanol–water partition coefficient (Wildman–Crippen LogP) is 10.1. The normalized spacial score (nSPS) is 11.7. The standard InChI is InChI=1S/C22H32BrN3O.C9H7F3.C2H6/c1-6-11-18(12-7-2)25-21(26(5)22(24-4)19(23)8-3)16-15-17-13-9-10-14-20(17)27;1-2-7-5-3-4-6-8(7)9(10,11)12;1-2/h8-10,13-14,16,18,25,27H,3-4,6-7,11-12,15H2,1-2,5H3;2-6H,1H2;1-2H3/b21-16-,22-19+;;. The van der Waals surface area contributed by atoms with Gasteiger partial charge in [0.1, 0.15) is 17.4 Å². The van der Waals surface area contributed by atoms with Crippen molar-refractivity contribution in [3.63, 3.8) is 0 Å². The number of alkyl halides is 3. The summed E-state index contributed by atoms with van der Waals surface area (Å²) in [6.45, 7) is 19.2. The van der Waals surface area contributed by atoms with E-state index < -0.39 is 11.7 Å². The molecule has 0 heterocycles. The lowest BCUT2D eigenvalue weighted by Crippen LogP contribution is -2.36. The lowest BCUT2D eigenvalue weighted by molar-refractivity contribution is -0.137. The summed E-state index contributed by atoms with van der Waals surface area (Å²) in [5, 5.41) is 13.7. The van der Waals surface area contributed by atoms with Gasteiger partial charge in [0.2, 0.25) is 0 Å². The Morgan fingerprint density at radius 3 is 2.07 bits per heavy atom. The van der Waals surface area contributed by atoms with Crippen LogP contribution in [0.1, 0.15) is 70.1 Å². The van der Waals surface area contributed by atoms with Crippen molar-refractivity contribution in [1.29, 1.82) is 0 Å². The Balaban J connectivity index is 0.000000947. The number of nitrogens with one attached hydrogen (secondary N) is 1. The molecular weight excluding hydrogens is 591 g/mol. The van der Waals surface area contributed by atoms with Crippen LogP contribution in [0.25, 0.3) is 6.08 Å². The van der Waals surface area contributed by atoms with Crippen LogP contribution in [-0.2, 0) is 12.6 Å². The van der Waals surface area contributed by atoms with Crippen molar-refractivity contribution < 1.29 is 18.3 Å². The molecule has 8 heteroatoms. The molecule has 0 saturated heterocycles. The lowest BCUT2D eigenvalue weighted by Gasteiger charge is -2.29. The third-order valence-electron chi connectivity index (χ3n) is 5.84. The van der Waals surface area contributed by atoms with Gasteiger partial charge in [-0.15, -0.1) is 0 Å². The minimum absolute atomic E-state index is 0.116. The van der Waals surface area contributed by atoms with E-state index in [1.165, 1.54) is 18.2 Å². The van der Waals surface area contributed by atoms with Gasteiger partial charge in [0.05, 0.1) is 10.0 Å². The highest BCUT2D eigenvalue weighted by atomic mass is 79.9. The van der Waals surface area contributed by atoms with Crippen molar-refractivity contribution in [2.45, 2.75) is 72.0 Å². The van der Waals surface area contributed by atoms with E-state index in [0.29, 0.717) is 24.0 Å². The molecule has 2 N–H and O–H groups in total. The summed E-state index contributed by atoms with van der Waals surface area (Å²) in [5.74, 6) is 1.93. The number of aromatic hydroxyl groups is 1. The number of hydrogen-bond acceptors (Lipinski definition) is 4. The maximum atomic E-state index is 12.2. The number of nitrogens with zero attached hydrogens (tertiary/aromatic N) is 2. The topological polar surface area (TPSA) is 47.9 Å². The lowest BCUT2D eigenvalue weighted by atomic mass is 10.1. The fourth-order valence-electron chi connectivity index (χ4n) is 3.86. The van der Waals surface area contributed by atoms with Crippen LogP contribution >= 0.6 is 15.9 Å². The molecule has 2 rings (SSSR count). The maximum absolute atomic E-state index is 12.2. The Kier molecular flexibility index (Phi) is 19.0. The zero-order valence-electron chi connectivity index (χ0n) is 24.9. The number of hydrogen-bond donors (Lipinski definition) is 2. The van der Waals surface area contributed by atoms with E-state index in [2.05, 4.69) is 66.0 Å². The summed E-state index contributed by atoms with van der Waals surface area (Å²) in [7, 11) is 1.95. The van der Waals surface area contributed by atoms with Crippen LogP contribution in [0.2, 0.25) is 0 Å². The van der Waals surface area contributed by atoms with Gasteiger partial charge in [0.15, 0.2) is 0 Å². The quantitative estimate of drug-likeness (QED) is 0.170. The van der Waals surface area contributed by atoms with E-state index in [4.69, 9.17) is 0 Å². The van der Waals surface area contributed by atoms with E-state index in [9.17, 15) is 18.3 Å². The predicted molar refractivity (Wildman–Crippen MR) is 173 cm³/mol. The third-order valence-corrected chi connectivity index (χ3v) is 6.52. The van der Waals surface area contributed by atoms with Crippen LogP contribution in [0.5, 0.6) is 5.75 Å². The second kappa shape index (κ2) is 20.6. The molecule has 0 aromatic heterocycles. The fourth-order valence-corrected chi connectivity index (χ4v) is 4.25. The Bertz CT molecular complexity index is 1140. The summed E-state index contributed by atoms with van der Waals surface area (Å²) >= 11 is 3.50. The average molecular weight is 637 g/mol. The van der Waals surface area contributed by atoms with E-state index in [1.807, 2.05) is 44.0 Å². The molecule has 0 unspecified atom stereocenters. The van der Waals surface area contributed by atoms with E-state index in [0.717, 1.165) is 47.6 Å². The summed E-state index contributed by atoms with van der Waals surface area (Å²) in [6.07, 6.45) is 5.74. The Morgan fingerprint density at radius 1 is 1.05 bits per heavy atom. The summed E-state index contributed by atoms with van der Waals surface area (Å²) in [4.78, 5) is 6.13. The Morgan fingerprint density at radius 2 is 1.61 bits per heavy atom. The molecule has 0 spiro atoms. The van der Waals surface area contributed by atoms with Crippen molar-refractivity contribution in [2.24, 2.45) is 4.99 Å². The third kappa shape index (κ3) is 13.3. The minimum Gasteiger partial charge on any atom is -0.508 e. The van der Waals surface area contributed by atoms with Gasteiger partial charge in [0, 0.05) is 13.1 Å². The molecule has 2 aromatic carbocycles. The molecule has 0 amide bonds. The van der Waals surface area contributed by atoms with Crippen molar-refractivity contribution in [3.05, 3.63) is 107 Å². The molecule has 226 valence electrons. The molecule has 0 aliphatic carbocycles. The smallest absolute Gasteiger partial charge is 0.416 e. The van der Waals surface area contributed by atoms with Crippen LogP contribution in [0.15, 0.2) is 95.0 Å². The zero-order chi connectivity index (χ0) is 31.4. The molecule has 0 bridgehead atoms. The van der Waals surface area contributed by atoms with Crippen LogP contribution in [0, 0.1) is 0 Å². The highest BCUT2D eigenvalue weighted by Gasteiger charge is 2.32. The number of aliphatic imine (C=N–C) groups is 1. The molecule has 0 aliphatic heterocycles. The van der Waals surface area contributed by atoms with Crippen molar-refractivity contribution in [2.75, 3.05) is 7.05 Å². The molecule has 0 radical (unpaired) electrons. The van der Waals surface area contributed by atoms with Gasteiger partial charge in [-0.1, -0.05) is 102 Å². The first-order valence-corrected chi connectivity index (χ1v) is 14.6. The number of phenols is 1. The van der Waals surface area contributed by atoms with Gasteiger partial charge < -0.3 is 15.3 Å². The second-order valence-electron chi connectivity index (χ2n) is 8.72. The number of rotatable bonds is 13. The molecule has 2 aromatic rings. The van der Waals surface area contributed by atoms with E-state index in [-0.39, 0.29) is 5.56 Å². The number of halogens is 4. The highest BCUT2D eigenvalue weighted by Crippen LogP contribution is 2.32. The van der Waals surface area contributed by atoms with Gasteiger partial charge >= 0.3 is 6.18 Å². The van der Waals surface area contributed by atoms with Gasteiger partial charge in [0.25, 0.3) is 0 Å². The van der Waals surface area contributed by atoms with E-state index in [1.54, 1.807) is 18.2 Å². The fraction of sp³-hybridized carbons (Fsp3) is 0.364. The molecule has 0 fully saturated rings. The van der Waals surface area contributed by atoms with Crippen molar-refractivity contribution >= 4 is 28.7 Å². The van der Waals surface area contributed by atoms with Crippen LogP contribution in [0.4, 0.5) is 13.2 Å². The van der Waals surface area contributed by atoms with Gasteiger partial charge in [-0.25, -0.2) is 4.99 Å². The zero-order valence-corrected chi connectivity index (χ0v) is 26.5. The molecule has 0 saturated carbocycles. The summed E-state index contributed by atoms with van der Waals surface area (Å²) in [6, 6.07) is 13.1. The van der Waals surface area contributed by atoms with Gasteiger partial charge in [-0.05, 0) is 71.2 Å². The molecule has 4 nitrogen and oxygen atoms in total. The van der Waals surface area contributed by atoms with Crippen LogP contribution in [0.3, 0.4) is 0 Å². The number of allylic oxidation sites excluding steroid dienone is 3. The van der Waals surface area contributed by atoms with Crippen LogP contribution < -0.4 is 5.32 Å². The first-order chi connectivity index (χ1) is 19.5. The summed E-state index contributed by atoms with van der Waals surface area (Å²) < 4.78 is 37.3. The Hall–Kier alpha value is -3.26. The highest BCUT2D eigenvalue weighted by molar-refractivity contribution is 9.11. The molecule has 0 aliphatic rings. The van der Waals surface area contributed by atoms with Crippen molar-refractivity contribution in [3.8, 4) is 5.75 Å². The molecule has 0 atom stereocenters. The van der Waals surface area contributed by atoms with Gasteiger partial charge in [-0.3, -0.25) is 0 Å². The van der Waals surface area contributed by atoms with Crippen molar-refractivity contribution in [1.82, 2.24) is 10.2 Å². The second-order valence-corrected chi connectivity index (χ2v) is 9.58. The number of phenolic OH excluding ortho intramolecular Hbond substituents is 1. The first kappa shape index (κ1) is 37.7. The first-order valence-electron chi connectivity index (χ1n) is 13.8. The Labute approximate surface area is 253 Å². The molecular formula is C33H45BrF3N3O. The number of para-hydroxylation sites is 1. The van der Waals surface area contributed by atoms with Gasteiger partial charge in [-0.2, -0.15) is 13.2 Å². The van der Waals surface area contributed by atoms with Crippen LogP contribution in [-0.4, -0.2) is 29.8 Å². The maximum Gasteiger partial charge on any atom is 0.416 e. The monoisotopic (exact) mass is 635 g/mol.